The van der Waals surface area contributed by atoms with Gasteiger partial charge in [-0.05, 0) is 32.7 Å². The number of aryl methyl sites for hydroxylation is 1. The van der Waals surface area contributed by atoms with Crippen LogP contribution in [-0.2, 0) is 0 Å². The monoisotopic (exact) mass is 556 g/mol. The number of amidine groups is 1. The minimum atomic E-state index is -0.652. The van der Waals surface area contributed by atoms with Gasteiger partial charge in [-0.15, -0.1) is 0 Å². The molecular weight excluding hydrogens is 518 g/mol. The maximum atomic E-state index is 15.0. The average molecular weight is 557 g/mol. The smallest absolute Gasteiger partial charge is 0.181 e. The largest absolute Gasteiger partial charge is 0.468 e. The summed E-state index contributed by atoms with van der Waals surface area (Å²) in [6.07, 6.45) is 5.48. The van der Waals surface area contributed by atoms with Crippen molar-refractivity contribution in [3.63, 3.8) is 0 Å². The number of rotatable bonds is 10. The van der Waals surface area contributed by atoms with Crippen LogP contribution >= 0.6 is 0 Å². The summed E-state index contributed by atoms with van der Waals surface area (Å²) in [5, 5.41) is 19.6. The van der Waals surface area contributed by atoms with Gasteiger partial charge in [-0.1, -0.05) is 19.9 Å². The van der Waals surface area contributed by atoms with Crippen LogP contribution in [0.25, 0.3) is 17.0 Å². The molecule has 40 heavy (non-hydrogen) atoms. The van der Waals surface area contributed by atoms with Crippen molar-refractivity contribution in [2.75, 3.05) is 51.4 Å². The molecule has 0 spiro atoms. The van der Waals surface area contributed by atoms with Gasteiger partial charge in [-0.3, -0.25) is 10.00 Å². The van der Waals surface area contributed by atoms with Gasteiger partial charge in [0.15, 0.2) is 29.9 Å². The zero-order chi connectivity index (χ0) is 29.1. The van der Waals surface area contributed by atoms with Crippen molar-refractivity contribution < 1.29 is 18.6 Å². The number of hydrogen-bond acceptors (Lipinski definition) is 7. The van der Waals surface area contributed by atoms with Gasteiger partial charge in [0.2, 0.25) is 0 Å². The number of allylic oxidation sites excluding steroid dienone is 1. The summed E-state index contributed by atoms with van der Waals surface area (Å²) < 4.78 is 35.0. The average Bonchev–Trinajstić information content (AvgIpc) is 3.58. The van der Waals surface area contributed by atoms with Crippen LogP contribution in [0, 0.1) is 18.6 Å². The molecule has 1 fully saturated rings. The standard InChI is InChI=1S/C26H32F2N8O2.C2H6/c1-4-5-18-13-23(34-33-18)32-22(29-3)15-24(36-8-6-35(7-9-36)10-11-37)30-16-38-21-14-20(27)26-19(25(21)28)12-17(2)31-26;1-2/h4-5,12-15,31,37H,3,6-11,16H2,1-2H3,(H2,32,33,34);1-2H3/b5-4+,22-15+,30-24+;. The van der Waals surface area contributed by atoms with Gasteiger partial charge in [-0.2, -0.15) is 5.10 Å². The number of nitrogens with one attached hydrogen (secondary N) is 3. The van der Waals surface area contributed by atoms with Gasteiger partial charge in [0.1, 0.15) is 11.7 Å². The van der Waals surface area contributed by atoms with Crippen LogP contribution in [0.3, 0.4) is 0 Å². The quantitative estimate of drug-likeness (QED) is 0.215. The second-order valence-corrected chi connectivity index (χ2v) is 8.77. The lowest BCUT2D eigenvalue weighted by Crippen LogP contribution is -2.49. The molecule has 0 aliphatic carbocycles. The number of aromatic nitrogens is 3. The first-order chi connectivity index (χ1) is 19.4. The topological polar surface area (TPSA) is 117 Å². The molecule has 0 atom stereocenters. The molecule has 1 aromatic carbocycles. The predicted octanol–water partition coefficient (Wildman–Crippen LogP) is 4.54. The van der Waals surface area contributed by atoms with Crippen LogP contribution < -0.4 is 10.1 Å². The van der Waals surface area contributed by atoms with E-state index in [0.29, 0.717) is 42.8 Å². The van der Waals surface area contributed by atoms with E-state index in [2.05, 4.69) is 42.1 Å². The Morgan fingerprint density at radius 3 is 2.65 bits per heavy atom. The first kappa shape index (κ1) is 30.5. The molecule has 216 valence electrons. The first-order valence-corrected chi connectivity index (χ1v) is 13.3. The lowest BCUT2D eigenvalue weighted by atomic mass is 10.2. The number of anilines is 1. The molecule has 0 radical (unpaired) electrons. The molecular formula is C28H38F2N8O2. The molecule has 0 saturated carbocycles. The fourth-order valence-electron chi connectivity index (χ4n) is 4.23. The summed E-state index contributed by atoms with van der Waals surface area (Å²) in [7, 11) is 0. The number of ether oxygens (including phenoxy) is 1. The van der Waals surface area contributed by atoms with E-state index in [0.717, 1.165) is 24.8 Å². The van der Waals surface area contributed by atoms with Crippen molar-refractivity contribution >= 4 is 35.3 Å². The van der Waals surface area contributed by atoms with Crippen LogP contribution in [0.4, 0.5) is 14.6 Å². The van der Waals surface area contributed by atoms with E-state index >= 15 is 0 Å². The molecule has 1 saturated heterocycles. The molecule has 3 aromatic rings. The third-order valence-corrected chi connectivity index (χ3v) is 6.10. The summed E-state index contributed by atoms with van der Waals surface area (Å²) in [5.74, 6) is 0.0111. The molecule has 4 N–H and O–H groups in total. The number of benzene rings is 1. The van der Waals surface area contributed by atoms with E-state index in [-0.39, 0.29) is 30.0 Å². The molecule has 1 aliphatic heterocycles. The van der Waals surface area contributed by atoms with Crippen molar-refractivity contribution in [2.45, 2.75) is 27.7 Å². The Balaban J connectivity index is 0.00000216. The van der Waals surface area contributed by atoms with E-state index < -0.39 is 11.6 Å². The van der Waals surface area contributed by atoms with Gasteiger partial charge in [0.05, 0.1) is 17.8 Å². The summed E-state index contributed by atoms with van der Waals surface area (Å²) >= 11 is 0. The Kier molecular flexibility index (Phi) is 11.4. The number of hydrogen-bond donors (Lipinski definition) is 4. The summed E-state index contributed by atoms with van der Waals surface area (Å²) in [6.45, 7) is 14.5. The van der Waals surface area contributed by atoms with Crippen molar-refractivity contribution in [1.29, 1.82) is 0 Å². The normalized spacial score (nSPS) is 14.9. The zero-order valence-corrected chi connectivity index (χ0v) is 23.5. The van der Waals surface area contributed by atoms with E-state index in [1.165, 1.54) is 6.07 Å². The fourth-order valence-corrected chi connectivity index (χ4v) is 4.23. The number of nitrogens with zero attached hydrogens (tertiary/aromatic N) is 5. The molecule has 0 unspecified atom stereocenters. The first-order valence-electron chi connectivity index (χ1n) is 13.3. The lowest BCUT2D eigenvalue weighted by molar-refractivity contribution is 0.147. The Hall–Kier alpha value is -4.03. The Labute approximate surface area is 233 Å². The van der Waals surface area contributed by atoms with Crippen LogP contribution in [0.1, 0.15) is 32.2 Å². The summed E-state index contributed by atoms with van der Waals surface area (Å²) in [6, 6.07) is 4.38. The van der Waals surface area contributed by atoms with E-state index in [1.54, 1.807) is 13.0 Å². The van der Waals surface area contributed by atoms with Crippen molar-refractivity contribution in [3.8, 4) is 5.75 Å². The number of aliphatic hydroxyl groups is 1. The molecule has 1 aliphatic rings. The fraction of sp³-hybridized carbons (Fsp3) is 0.393. The second kappa shape index (κ2) is 14.9. The van der Waals surface area contributed by atoms with Crippen molar-refractivity contribution in [2.24, 2.45) is 9.98 Å². The maximum absolute atomic E-state index is 15.0. The Bertz CT molecular complexity index is 1350. The highest BCUT2D eigenvalue weighted by Crippen LogP contribution is 2.29. The van der Waals surface area contributed by atoms with E-state index in [4.69, 9.17) is 4.74 Å². The number of piperazine rings is 1. The minimum absolute atomic E-state index is 0.0924. The van der Waals surface area contributed by atoms with Gasteiger partial charge in [0.25, 0.3) is 0 Å². The minimum Gasteiger partial charge on any atom is -0.468 e. The van der Waals surface area contributed by atoms with Gasteiger partial charge < -0.3 is 25.0 Å². The highest BCUT2D eigenvalue weighted by molar-refractivity contribution is 5.94. The molecule has 10 nitrogen and oxygen atoms in total. The highest BCUT2D eigenvalue weighted by Gasteiger charge is 2.20. The third kappa shape index (κ3) is 7.76. The SMILES string of the molecule is C=N/C(=C\C(=N/COc1cc(F)c2[nH]c(C)cc2c1F)N1CCN(CCO)CC1)Nc1cc(/C=C/C)[nH]n1.CC. The summed E-state index contributed by atoms with van der Waals surface area (Å²) in [4.78, 5) is 15.6. The number of fused-ring (bicyclic) bond motifs is 1. The highest BCUT2D eigenvalue weighted by atomic mass is 19.1. The Morgan fingerprint density at radius 2 is 1.98 bits per heavy atom. The molecule has 4 rings (SSSR count). The van der Waals surface area contributed by atoms with Crippen molar-refractivity contribution in [1.82, 2.24) is 25.0 Å². The molecule has 12 heteroatoms. The number of halogens is 2. The molecule has 0 amide bonds. The van der Waals surface area contributed by atoms with Crippen LogP contribution in [0.2, 0.25) is 0 Å². The number of H-pyrrole nitrogens is 2. The second-order valence-electron chi connectivity index (χ2n) is 8.77. The summed E-state index contributed by atoms with van der Waals surface area (Å²) in [5.41, 5.74) is 1.57. The Morgan fingerprint density at radius 1 is 1.23 bits per heavy atom. The number of aliphatic imine (C=N–C) groups is 2. The van der Waals surface area contributed by atoms with Crippen LogP contribution in [0.15, 0.2) is 46.2 Å². The van der Waals surface area contributed by atoms with Crippen molar-refractivity contribution in [3.05, 3.63) is 59.2 Å². The lowest BCUT2D eigenvalue weighted by Gasteiger charge is -2.35. The van der Waals surface area contributed by atoms with E-state index in [1.807, 2.05) is 43.9 Å². The zero-order valence-electron chi connectivity index (χ0n) is 23.5. The number of β-amino-alcohol motifs (C(OH)–C–C–N with tert-alkyl or cyclic N) is 1. The van der Waals surface area contributed by atoms with Gasteiger partial charge in [0, 0.05) is 62.0 Å². The number of aromatic amines is 2. The molecule has 2 aromatic heterocycles. The van der Waals surface area contributed by atoms with Crippen LogP contribution in [0.5, 0.6) is 5.75 Å². The predicted molar refractivity (Wildman–Crippen MR) is 157 cm³/mol. The molecule has 3 heterocycles. The van der Waals surface area contributed by atoms with Gasteiger partial charge >= 0.3 is 0 Å². The number of aliphatic hydroxyl groups excluding tert-OH is 1. The van der Waals surface area contributed by atoms with Gasteiger partial charge in [-0.25, -0.2) is 18.8 Å². The third-order valence-electron chi connectivity index (χ3n) is 6.10. The molecule has 0 bridgehead atoms. The van der Waals surface area contributed by atoms with Crippen LogP contribution in [-0.4, -0.2) is 88.7 Å². The maximum Gasteiger partial charge on any atom is 0.181 e. The van der Waals surface area contributed by atoms with E-state index in [9.17, 15) is 13.9 Å².